The van der Waals surface area contributed by atoms with Crippen molar-refractivity contribution in [2.75, 3.05) is 0 Å². The molecule has 1 heterocycles. The van der Waals surface area contributed by atoms with Gasteiger partial charge >= 0.3 is 0 Å². The lowest BCUT2D eigenvalue weighted by atomic mass is 10.1. The molecule has 0 amide bonds. The Balaban J connectivity index is 2.15. The van der Waals surface area contributed by atoms with Gasteiger partial charge in [0, 0.05) is 16.0 Å². The average Bonchev–Trinajstić information content (AvgIpc) is 2.78. The van der Waals surface area contributed by atoms with Crippen LogP contribution in [0.3, 0.4) is 0 Å². The zero-order valence-corrected chi connectivity index (χ0v) is 9.70. The number of rotatable bonds is 3. The molecule has 0 aliphatic rings. The smallest absolute Gasteiger partial charge is 0.185 e. The Morgan fingerprint density at radius 2 is 2.31 bits per heavy atom. The van der Waals surface area contributed by atoms with Crippen LogP contribution in [0.15, 0.2) is 35.7 Å². The minimum atomic E-state index is -0.101. The van der Waals surface area contributed by atoms with Crippen LogP contribution < -0.4 is 0 Å². The molecule has 0 spiro atoms. The van der Waals surface area contributed by atoms with Crippen LogP contribution in [-0.4, -0.2) is 15.4 Å². The van der Waals surface area contributed by atoms with Gasteiger partial charge in [0.2, 0.25) is 0 Å². The summed E-state index contributed by atoms with van der Waals surface area (Å²) in [7, 11) is 0. The molecule has 0 N–H and O–H groups in total. The van der Waals surface area contributed by atoms with Gasteiger partial charge in [-0.1, -0.05) is 28.2 Å². The topological polar surface area (TPSA) is 42.9 Å². The maximum absolute atomic E-state index is 11.7. The van der Waals surface area contributed by atoms with E-state index in [2.05, 4.69) is 9.59 Å². The van der Waals surface area contributed by atoms with Crippen molar-refractivity contribution in [3.63, 3.8) is 0 Å². The van der Waals surface area contributed by atoms with Gasteiger partial charge in [-0.3, -0.25) is 4.79 Å². The van der Waals surface area contributed by atoms with Crippen molar-refractivity contribution in [2.45, 2.75) is 0 Å². The minimum absolute atomic E-state index is 0.101. The van der Waals surface area contributed by atoms with Crippen molar-refractivity contribution in [3.8, 4) is 0 Å². The van der Waals surface area contributed by atoms with Gasteiger partial charge in [-0.05, 0) is 35.8 Å². The molecule has 16 heavy (non-hydrogen) atoms. The summed E-state index contributed by atoms with van der Waals surface area (Å²) in [5.74, 6) is -0.101. The first kappa shape index (κ1) is 11.0. The molecule has 0 aliphatic carbocycles. The summed E-state index contributed by atoms with van der Waals surface area (Å²) < 4.78 is 3.69. The fourth-order valence-electron chi connectivity index (χ4n) is 1.14. The van der Waals surface area contributed by atoms with Crippen molar-refractivity contribution in [1.82, 2.24) is 9.59 Å². The predicted molar refractivity (Wildman–Crippen MR) is 64.7 cm³/mol. The van der Waals surface area contributed by atoms with E-state index in [9.17, 15) is 4.79 Å². The van der Waals surface area contributed by atoms with Gasteiger partial charge in [0.25, 0.3) is 0 Å². The number of hydrogen-bond acceptors (Lipinski definition) is 4. The maximum Gasteiger partial charge on any atom is 0.185 e. The molecule has 0 unspecified atom stereocenters. The van der Waals surface area contributed by atoms with Crippen LogP contribution in [0.2, 0.25) is 5.02 Å². The summed E-state index contributed by atoms with van der Waals surface area (Å²) in [6.45, 7) is 0. The third-order valence-corrected chi connectivity index (χ3v) is 2.65. The highest BCUT2D eigenvalue weighted by molar-refractivity contribution is 7.03. The Kier molecular flexibility index (Phi) is 3.44. The first-order valence-corrected chi connectivity index (χ1v) is 5.72. The highest BCUT2D eigenvalue weighted by Crippen LogP contribution is 2.12. The molecule has 0 aliphatic heterocycles. The first-order chi connectivity index (χ1) is 7.75. The number of carbonyl (C=O) groups is 1. The number of aromatic nitrogens is 2. The zero-order valence-electron chi connectivity index (χ0n) is 8.13. The van der Waals surface area contributed by atoms with E-state index in [1.165, 1.54) is 17.6 Å². The number of allylic oxidation sites excluding steroid dienone is 1. The van der Waals surface area contributed by atoms with Crippen molar-refractivity contribution >= 4 is 35.0 Å². The highest BCUT2D eigenvalue weighted by atomic mass is 35.5. The van der Waals surface area contributed by atoms with Crippen LogP contribution >= 0.6 is 23.1 Å². The molecule has 0 atom stereocenters. The normalized spacial score (nSPS) is 10.8. The van der Waals surface area contributed by atoms with Crippen LogP contribution in [0.4, 0.5) is 0 Å². The van der Waals surface area contributed by atoms with Gasteiger partial charge in [-0.2, -0.15) is 0 Å². The second-order valence-corrected chi connectivity index (χ2v) is 4.08. The fourth-order valence-corrected chi connectivity index (χ4v) is 1.76. The summed E-state index contributed by atoms with van der Waals surface area (Å²) in [5.41, 5.74) is 1.24. The number of halogens is 1. The van der Waals surface area contributed by atoms with Gasteiger partial charge < -0.3 is 0 Å². The molecular formula is C11H7ClN2OS. The third kappa shape index (κ3) is 2.74. The molecule has 0 radical (unpaired) electrons. The van der Waals surface area contributed by atoms with Crippen LogP contribution in [-0.2, 0) is 0 Å². The van der Waals surface area contributed by atoms with E-state index in [0.29, 0.717) is 16.3 Å². The largest absolute Gasteiger partial charge is 0.289 e. The fraction of sp³-hybridized carbons (Fsp3) is 0. The van der Waals surface area contributed by atoms with Gasteiger partial charge in [0.1, 0.15) is 0 Å². The molecule has 0 saturated carbocycles. The number of ketones is 1. The molecule has 5 heteroatoms. The average molecular weight is 251 g/mol. The summed E-state index contributed by atoms with van der Waals surface area (Å²) >= 11 is 7.04. The quantitative estimate of drug-likeness (QED) is 0.621. The molecule has 80 valence electrons. The summed E-state index contributed by atoms with van der Waals surface area (Å²) in [6, 6.07) is 6.82. The van der Waals surface area contributed by atoms with E-state index >= 15 is 0 Å². The molecule has 0 saturated heterocycles. The lowest BCUT2D eigenvalue weighted by Crippen LogP contribution is -1.93. The lowest BCUT2D eigenvalue weighted by Gasteiger charge is -1.95. The van der Waals surface area contributed by atoms with Crippen molar-refractivity contribution in [2.24, 2.45) is 0 Å². The molecule has 3 nitrogen and oxygen atoms in total. The van der Waals surface area contributed by atoms with Gasteiger partial charge in [0.05, 0.1) is 5.69 Å². The monoisotopic (exact) mass is 250 g/mol. The second kappa shape index (κ2) is 5.01. The van der Waals surface area contributed by atoms with E-state index in [1.807, 2.05) is 0 Å². The SMILES string of the molecule is O=C(C=Cc1csnn1)c1cccc(Cl)c1. The first-order valence-electron chi connectivity index (χ1n) is 4.51. The molecule has 2 aromatic rings. The Labute approximate surface area is 102 Å². The number of nitrogens with zero attached hydrogens (tertiary/aromatic N) is 2. The molecular weight excluding hydrogens is 244 g/mol. The van der Waals surface area contributed by atoms with Crippen LogP contribution in [0.1, 0.15) is 16.1 Å². The molecule has 0 fully saturated rings. The van der Waals surface area contributed by atoms with Crippen molar-refractivity contribution in [1.29, 1.82) is 0 Å². The summed E-state index contributed by atoms with van der Waals surface area (Å²) in [4.78, 5) is 11.7. The highest BCUT2D eigenvalue weighted by Gasteiger charge is 2.02. The van der Waals surface area contributed by atoms with Gasteiger partial charge in [-0.25, -0.2) is 0 Å². The number of benzene rings is 1. The van der Waals surface area contributed by atoms with Gasteiger partial charge in [0.15, 0.2) is 5.78 Å². The van der Waals surface area contributed by atoms with Crippen LogP contribution in [0.25, 0.3) is 6.08 Å². The van der Waals surface area contributed by atoms with E-state index in [1.54, 1.807) is 35.7 Å². The summed E-state index contributed by atoms with van der Waals surface area (Å²) in [6.07, 6.45) is 3.09. The molecule has 2 rings (SSSR count). The lowest BCUT2D eigenvalue weighted by molar-refractivity contribution is 0.104. The predicted octanol–water partition coefficient (Wildman–Crippen LogP) is 3.09. The molecule has 0 bridgehead atoms. The maximum atomic E-state index is 11.7. The zero-order chi connectivity index (χ0) is 11.4. The molecule has 1 aromatic heterocycles. The Bertz CT molecular complexity index is 523. The van der Waals surface area contributed by atoms with E-state index in [4.69, 9.17) is 11.6 Å². The third-order valence-electron chi connectivity index (χ3n) is 1.89. The van der Waals surface area contributed by atoms with E-state index < -0.39 is 0 Å². The summed E-state index contributed by atoms with van der Waals surface area (Å²) in [5, 5.41) is 6.12. The Morgan fingerprint density at radius 3 is 3.00 bits per heavy atom. The van der Waals surface area contributed by atoms with Crippen LogP contribution in [0, 0.1) is 0 Å². The molecule has 1 aromatic carbocycles. The number of carbonyl (C=O) groups excluding carboxylic acids is 1. The van der Waals surface area contributed by atoms with Crippen LogP contribution in [0.5, 0.6) is 0 Å². The van der Waals surface area contributed by atoms with E-state index in [0.717, 1.165) is 0 Å². The van der Waals surface area contributed by atoms with Crippen molar-refractivity contribution < 1.29 is 4.79 Å². The van der Waals surface area contributed by atoms with Crippen molar-refractivity contribution in [3.05, 3.63) is 52.0 Å². The van der Waals surface area contributed by atoms with Gasteiger partial charge in [-0.15, -0.1) is 5.10 Å². The Hall–Kier alpha value is -1.52. The standard InChI is InChI=1S/C11H7ClN2OS/c12-9-3-1-2-8(6-9)11(15)5-4-10-7-16-14-13-10/h1-7H. The number of hydrogen-bond donors (Lipinski definition) is 0. The second-order valence-electron chi connectivity index (χ2n) is 3.04. The minimum Gasteiger partial charge on any atom is -0.289 e. The van der Waals surface area contributed by atoms with E-state index in [-0.39, 0.29) is 5.78 Å². The Morgan fingerprint density at radius 1 is 1.44 bits per heavy atom.